The Hall–Kier alpha value is -0.120. The first-order valence-electron chi connectivity index (χ1n) is 8.92. The summed E-state index contributed by atoms with van der Waals surface area (Å²) in [6.07, 6.45) is 11.5. The summed E-state index contributed by atoms with van der Waals surface area (Å²) in [6.45, 7) is 6.52. The predicted molar refractivity (Wildman–Crippen MR) is 85.0 cm³/mol. The maximum atomic E-state index is 10.4. The monoisotopic (exact) mass is 282 g/mol. The fraction of sp³-hybridized carbons (Fsp3) is 1.00. The molecule has 2 aliphatic rings. The van der Waals surface area contributed by atoms with Crippen molar-refractivity contribution in [3.8, 4) is 0 Å². The van der Waals surface area contributed by atoms with Gasteiger partial charge in [-0.3, -0.25) is 4.90 Å². The Morgan fingerprint density at radius 3 is 2.65 bits per heavy atom. The Morgan fingerprint density at radius 2 is 1.90 bits per heavy atom. The number of aliphatic hydroxyl groups excluding tert-OH is 1. The van der Waals surface area contributed by atoms with E-state index in [1.54, 1.807) is 0 Å². The summed E-state index contributed by atoms with van der Waals surface area (Å²) in [5, 5.41) is 13.9. The van der Waals surface area contributed by atoms with Crippen molar-refractivity contribution in [2.45, 2.75) is 76.9 Å². The van der Waals surface area contributed by atoms with Crippen LogP contribution in [0.3, 0.4) is 0 Å². The third-order valence-electron chi connectivity index (χ3n) is 5.08. The van der Waals surface area contributed by atoms with Gasteiger partial charge in [0.2, 0.25) is 0 Å². The number of hydrogen-bond acceptors (Lipinski definition) is 3. The molecule has 2 unspecified atom stereocenters. The first-order chi connectivity index (χ1) is 9.79. The van der Waals surface area contributed by atoms with E-state index >= 15 is 0 Å². The number of piperidine rings is 1. The molecule has 0 amide bonds. The molecule has 0 aromatic heterocycles. The molecule has 2 N–H and O–H groups in total. The number of hydrogen-bond donors (Lipinski definition) is 2. The van der Waals surface area contributed by atoms with Crippen LogP contribution in [0.1, 0.15) is 64.7 Å². The molecule has 0 spiro atoms. The SMILES string of the molecule is CCCNCC1CCCCN1CC(O)CC1CCCC1. The summed E-state index contributed by atoms with van der Waals surface area (Å²) in [6, 6.07) is 0.647. The van der Waals surface area contributed by atoms with E-state index in [9.17, 15) is 5.11 Å². The lowest BCUT2D eigenvalue weighted by molar-refractivity contribution is 0.0541. The van der Waals surface area contributed by atoms with Gasteiger partial charge in [-0.2, -0.15) is 0 Å². The van der Waals surface area contributed by atoms with Gasteiger partial charge >= 0.3 is 0 Å². The highest BCUT2D eigenvalue weighted by Gasteiger charge is 2.26. The van der Waals surface area contributed by atoms with Crippen LogP contribution in [0.4, 0.5) is 0 Å². The van der Waals surface area contributed by atoms with E-state index < -0.39 is 0 Å². The lowest BCUT2D eigenvalue weighted by Crippen LogP contribution is -2.48. The molecule has 0 radical (unpaired) electrons. The quantitative estimate of drug-likeness (QED) is 0.672. The zero-order chi connectivity index (χ0) is 14.2. The van der Waals surface area contributed by atoms with Gasteiger partial charge in [0, 0.05) is 19.1 Å². The summed E-state index contributed by atoms with van der Waals surface area (Å²) >= 11 is 0. The minimum absolute atomic E-state index is 0.107. The van der Waals surface area contributed by atoms with Crippen LogP contribution in [0, 0.1) is 5.92 Å². The molecule has 0 aromatic rings. The highest BCUT2D eigenvalue weighted by Crippen LogP contribution is 2.29. The molecule has 0 aromatic carbocycles. The van der Waals surface area contributed by atoms with E-state index in [1.807, 2.05) is 0 Å². The van der Waals surface area contributed by atoms with Crippen molar-refractivity contribution in [2.75, 3.05) is 26.2 Å². The third-order valence-corrected chi connectivity index (χ3v) is 5.08. The molecule has 1 aliphatic carbocycles. The zero-order valence-electron chi connectivity index (χ0n) is 13.3. The number of β-amino-alcohol motifs (C(OH)–C–C–N with tert-alkyl or cyclic N) is 1. The van der Waals surface area contributed by atoms with Crippen molar-refractivity contribution in [2.24, 2.45) is 5.92 Å². The van der Waals surface area contributed by atoms with Crippen molar-refractivity contribution < 1.29 is 5.11 Å². The highest BCUT2D eigenvalue weighted by molar-refractivity contribution is 4.82. The average molecular weight is 282 g/mol. The molecule has 1 aliphatic heterocycles. The van der Waals surface area contributed by atoms with Gasteiger partial charge in [0.25, 0.3) is 0 Å². The third kappa shape index (κ3) is 5.34. The average Bonchev–Trinajstić information content (AvgIpc) is 2.93. The van der Waals surface area contributed by atoms with Gasteiger partial charge < -0.3 is 10.4 Å². The minimum atomic E-state index is -0.107. The van der Waals surface area contributed by atoms with Crippen molar-refractivity contribution in [1.82, 2.24) is 10.2 Å². The molecule has 2 atom stereocenters. The lowest BCUT2D eigenvalue weighted by atomic mass is 9.97. The molecule has 0 bridgehead atoms. The van der Waals surface area contributed by atoms with E-state index in [4.69, 9.17) is 0 Å². The van der Waals surface area contributed by atoms with Gasteiger partial charge in [-0.15, -0.1) is 0 Å². The largest absolute Gasteiger partial charge is 0.392 e. The van der Waals surface area contributed by atoms with Crippen molar-refractivity contribution >= 4 is 0 Å². The molecule has 1 saturated carbocycles. The maximum Gasteiger partial charge on any atom is 0.0669 e. The van der Waals surface area contributed by atoms with Crippen LogP contribution < -0.4 is 5.32 Å². The predicted octanol–water partition coefficient (Wildman–Crippen LogP) is 2.78. The van der Waals surface area contributed by atoms with Crippen LogP contribution in [0.2, 0.25) is 0 Å². The summed E-state index contributed by atoms with van der Waals surface area (Å²) in [7, 11) is 0. The van der Waals surface area contributed by atoms with E-state index in [0.29, 0.717) is 6.04 Å². The van der Waals surface area contributed by atoms with E-state index in [-0.39, 0.29) is 6.10 Å². The first kappa shape index (κ1) is 16.3. The van der Waals surface area contributed by atoms with Crippen molar-refractivity contribution in [3.05, 3.63) is 0 Å². The Balaban J connectivity index is 1.72. The van der Waals surface area contributed by atoms with Crippen LogP contribution in [-0.2, 0) is 0 Å². The van der Waals surface area contributed by atoms with Crippen LogP contribution in [0.25, 0.3) is 0 Å². The number of nitrogens with one attached hydrogen (secondary N) is 1. The lowest BCUT2D eigenvalue weighted by Gasteiger charge is -2.37. The smallest absolute Gasteiger partial charge is 0.0669 e. The normalized spacial score (nSPS) is 27.0. The molecule has 20 heavy (non-hydrogen) atoms. The maximum absolute atomic E-state index is 10.4. The molecule has 2 rings (SSSR count). The van der Waals surface area contributed by atoms with E-state index in [0.717, 1.165) is 32.0 Å². The highest BCUT2D eigenvalue weighted by atomic mass is 16.3. The van der Waals surface area contributed by atoms with Crippen LogP contribution in [0.5, 0.6) is 0 Å². The van der Waals surface area contributed by atoms with Gasteiger partial charge in [-0.25, -0.2) is 0 Å². The molecule has 1 saturated heterocycles. The second kappa shape index (κ2) is 9.01. The van der Waals surface area contributed by atoms with Gasteiger partial charge in [0.1, 0.15) is 0 Å². The summed E-state index contributed by atoms with van der Waals surface area (Å²) < 4.78 is 0. The summed E-state index contributed by atoms with van der Waals surface area (Å²) in [4.78, 5) is 2.55. The topological polar surface area (TPSA) is 35.5 Å². The molecular formula is C17H34N2O. The molecule has 3 heteroatoms. The van der Waals surface area contributed by atoms with Gasteiger partial charge in [0.05, 0.1) is 6.10 Å². The second-order valence-corrected chi connectivity index (χ2v) is 6.89. The van der Waals surface area contributed by atoms with Gasteiger partial charge in [-0.05, 0) is 44.7 Å². The van der Waals surface area contributed by atoms with Crippen molar-refractivity contribution in [3.63, 3.8) is 0 Å². The minimum Gasteiger partial charge on any atom is -0.392 e. The van der Waals surface area contributed by atoms with Gasteiger partial charge in [-0.1, -0.05) is 39.0 Å². The molecule has 3 nitrogen and oxygen atoms in total. The zero-order valence-corrected chi connectivity index (χ0v) is 13.3. The van der Waals surface area contributed by atoms with Crippen molar-refractivity contribution in [1.29, 1.82) is 0 Å². The fourth-order valence-corrected chi connectivity index (χ4v) is 3.95. The van der Waals surface area contributed by atoms with E-state index in [2.05, 4.69) is 17.1 Å². The fourth-order valence-electron chi connectivity index (χ4n) is 3.95. The molecule has 1 heterocycles. The number of nitrogens with zero attached hydrogens (tertiary/aromatic N) is 1. The molecule has 2 fully saturated rings. The van der Waals surface area contributed by atoms with Gasteiger partial charge in [0.15, 0.2) is 0 Å². The summed E-state index contributed by atoms with van der Waals surface area (Å²) in [5.41, 5.74) is 0. The number of aliphatic hydroxyl groups is 1. The Labute approximate surface area is 125 Å². The Bertz CT molecular complexity index is 253. The second-order valence-electron chi connectivity index (χ2n) is 6.89. The van der Waals surface area contributed by atoms with Crippen LogP contribution >= 0.6 is 0 Å². The Morgan fingerprint density at radius 1 is 1.15 bits per heavy atom. The first-order valence-corrected chi connectivity index (χ1v) is 8.92. The summed E-state index contributed by atoms with van der Waals surface area (Å²) in [5.74, 6) is 0.798. The number of rotatable bonds is 8. The standard InChI is InChI=1S/C17H34N2O/c1-2-10-18-13-16-9-5-6-11-19(16)14-17(20)12-15-7-3-4-8-15/h15-18,20H,2-14H2,1H3. The molecular weight excluding hydrogens is 248 g/mol. The van der Waals surface area contributed by atoms with Crippen LogP contribution in [0.15, 0.2) is 0 Å². The Kier molecular flexibility index (Phi) is 7.32. The van der Waals surface area contributed by atoms with E-state index in [1.165, 1.54) is 57.9 Å². The van der Waals surface area contributed by atoms with Crippen LogP contribution in [-0.4, -0.2) is 48.3 Å². The number of likely N-dealkylation sites (tertiary alicyclic amines) is 1. The molecule has 118 valence electrons.